The van der Waals surface area contributed by atoms with Crippen LogP contribution < -0.4 is 5.11 Å². The number of phenols is 1. The predicted octanol–water partition coefficient (Wildman–Crippen LogP) is 0.274. The second kappa shape index (κ2) is 2.92. The van der Waals surface area contributed by atoms with Gasteiger partial charge in [-0.3, -0.25) is 0 Å². The molecule has 11 heavy (non-hydrogen) atoms. The fourth-order valence-electron chi connectivity index (χ4n) is 0.692. The third kappa shape index (κ3) is 1.61. The minimum absolute atomic E-state index is 0.0925. The van der Waals surface area contributed by atoms with Gasteiger partial charge in [0.2, 0.25) is 0 Å². The summed E-state index contributed by atoms with van der Waals surface area (Å²) in [6.07, 6.45) is 1.02. The SMILES string of the molecule is [O-]c1cc(O)ccc1/C=N\O. The Bertz CT molecular complexity index is 283. The number of nitrogens with zero attached hydrogens (tertiary/aromatic N) is 1. The standard InChI is InChI=1S/C7H7NO3/c9-6-2-1-5(4-8-11)7(10)3-6/h1-4,9-11H/p-1/b8-4-. The molecule has 0 aliphatic heterocycles. The van der Waals surface area contributed by atoms with Crippen molar-refractivity contribution in [2.24, 2.45) is 5.16 Å². The first-order chi connectivity index (χ1) is 5.24. The fraction of sp³-hybridized carbons (Fsp3) is 0. The maximum atomic E-state index is 10.9. The van der Waals surface area contributed by atoms with Gasteiger partial charge in [-0.05, 0) is 17.7 Å². The van der Waals surface area contributed by atoms with Gasteiger partial charge in [-0.1, -0.05) is 17.0 Å². The Morgan fingerprint density at radius 3 is 2.73 bits per heavy atom. The number of phenolic OH excluding ortho intramolecular Hbond substituents is 1. The molecule has 0 heterocycles. The lowest BCUT2D eigenvalue weighted by Crippen LogP contribution is -1.95. The highest BCUT2D eigenvalue weighted by Gasteiger charge is 1.90. The van der Waals surface area contributed by atoms with Gasteiger partial charge in [0.15, 0.2) is 0 Å². The number of hydrogen-bond acceptors (Lipinski definition) is 4. The largest absolute Gasteiger partial charge is 0.872 e. The highest BCUT2D eigenvalue weighted by Crippen LogP contribution is 2.17. The zero-order chi connectivity index (χ0) is 8.27. The molecule has 4 nitrogen and oxygen atoms in total. The molecule has 0 amide bonds. The summed E-state index contributed by atoms with van der Waals surface area (Å²) in [6, 6.07) is 3.77. The van der Waals surface area contributed by atoms with Crippen LogP contribution in [0.3, 0.4) is 0 Å². The van der Waals surface area contributed by atoms with E-state index in [-0.39, 0.29) is 17.1 Å². The van der Waals surface area contributed by atoms with Gasteiger partial charge >= 0.3 is 0 Å². The average molecular weight is 152 g/mol. The fourth-order valence-corrected chi connectivity index (χ4v) is 0.692. The molecule has 0 saturated heterocycles. The van der Waals surface area contributed by atoms with Crippen LogP contribution in [0.25, 0.3) is 0 Å². The highest BCUT2D eigenvalue weighted by molar-refractivity contribution is 5.82. The second-order valence-corrected chi connectivity index (χ2v) is 1.97. The summed E-state index contributed by atoms with van der Waals surface area (Å²) in [5.41, 5.74) is 0.241. The third-order valence-electron chi connectivity index (χ3n) is 1.19. The maximum Gasteiger partial charge on any atom is 0.115 e. The quantitative estimate of drug-likeness (QED) is 0.344. The van der Waals surface area contributed by atoms with Crippen LogP contribution in [0.15, 0.2) is 23.4 Å². The molecule has 1 aromatic rings. The predicted molar refractivity (Wildman–Crippen MR) is 36.9 cm³/mol. The van der Waals surface area contributed by atoms with Crippen LogP contribution in [0, 0.1) is 0 Å². The molecule has 0 aliphatic carbocycles. The molecule has 0 aromatic heterocycles. The first-order valence-corrected chi connectivity index (χ1v) is 2.91. The Balaban J connectivity index is 3.09. The van der Waals surface area contributed by atoms with E-state index in [2.05, 4.69) is 5.16 Å². The minimum Gasteiger partial charge on any atom is -0.872 e. The van der Waals surface area contributed by atoms with Crippen molar-refractivity contribution in [2.45, 2.75) is 0 Å². The van der Waals surface area contributed by atoms with Crippen molar-refractivity contribution in [1.82, 2.24) is 0 Å². The van der Waals surface area contributed by atoms with E-state index in [4.69, 9.17) is 10.3 Å². The molecule has 0 aliphatic rings. The first-order valence-electron chi connectivity index (χ1n) is 2.91. The van der Waals surface area contributed by atoms with Crippen molar-refractivity contribution in [3.63, 3.8) is 0 Å². The summed E-state index contributed by atoms with van der Waals surface area (Å²) >= 11 is 0. The van der Waals surface area contributed by atoms with Gasteiger partial charge in [-0.15, -0.1) is 0 Å². The van der Waals surface area contributed by atoms with Crippen molar-refractivity contribution in [3.05, 3.63) is 23.8 Å². The number of benzene rings is 1. The van der Waals surface area contributed by atoms with Crippen LogP contribution in [-0.2, 0) is 0 Å². The number of aromatic hydroxyl groups is 1. The van der Waals surface area contributed by atoms with Crippen molar-refractivity contribution < 1.29 is 15.4 Å². The van der Waals surface area contributed by atoms with E-state index in [1.807, 2.05) is 0 Å². The minimum atomic E-state index is -0.372. The summed E-state index contributed by atoms with van der Waals surface area (Å²) in [4.78, 5) is 0. The van der Waals surface area contributed by atoms with Gasteiger partial charge in [0.05, 0.1) is 6.21 Å². The van der Waals surface area contributed by atoms with E-state index in [0.717, 1.165) is 12.3 Å². The van der Waals surface area contributed by atoms with E-state index in [1.54, 1.807) is 0 Å². The molecule has 2 N–H and O–H groups in total. The van der Waals surface area contributed by atoms with Gasteiger partial charge in [0.25, 0.3) is 0 Å². The van der Waals surface area contributed by atoms with E-state index in [9.17, 15) is 5.11 Å². The third-order valence-corrected chi connectivity index (χ3v) is 1.19. The maximum absolute atomic E-state index is 10.9. The van der Waals surface area contributed by atoms with E-state index < -0.39 is 0 Å². The first kappa shape index (κ1) is 7.40. The Labute approximate surface area is 63.0 Å². The zero-order valence-electron chi connectivity index (χ0n) is 5.56. The molecule has 1 rings (SSSR count). The Kier molecular flexibility index (Phi) is 1.96. The number of rotatable bonds is 1. The van der Waals surface area contributed by atoms with Crippen molar-refractivity contribution in [3.8, 4) is 11.5 Å². The molecule has 0 radical (unpaired) electrons. The summed E-state index contributed by atoms with van der Waals surface area (Å²) < 4.78 is 0. The molecule has 0 saturated carbocycles. The van der Waals surface area contributed by atoms with E-state index >= 15 is 0 Å². The van der Waals surface area contributed by atoms with Crippen molar-refractivity contribution in [2.75, 3.05) is 0 Å². The van der Waals surface area contributed by atoms with Gasteiger partial charge in [-0.25, -0.2) is 0 Å². The Morgan fingerprint density at radius 1 is 1.45 bits per heavy atom. The molecule has 0 spiro atoms. The lowest BCUT2D eigenvalue weighted by molar-refractivity contribution is -0.268. The van der Waals surface area contributed by atoms with Crippen molar-refractivity contribution >= 4 is 6.21 Å². The summed E-state index contributed by atoms with van der Waals surface area (Å²) in [5.74, 6) is -0.465. The number of hydrogen-bond donors (Lipinski definition) is 2. The van der Waals surface area contributed by atoms with Crippen LogP contribution in [0.2, 0.25) is 0 Å². The molecule has 0 atom stereocenters. The van der Waals surface area contributed by atoms with Gasteiger partial charge in [-0.2, -0.15) is 0 Å². The van der Waals surface area contributed by atoms with Gasteiger partial charge in [0, 0.05) is 0 Å². The Morgan fingerprint density at radius 2 is 2.18 bits per heavy atom. The smallest absolute Gasteiger partial charge is 0.115 e. The topological polar surface area (TPSA) is 75.9 Å². The molecule has 0 unspecified atom stereocenters. The Hall–Kier alpha value is -1.71. The van der Waals surface area contributed by atoms with E-state index in [1.165, 1.54) is 12.1 Å². The van der Waals surface area contributed by atoms with Crippen LogP contribution in [0.4, 0.5) is 0 Å². The van der Waals surface area contributed by atoms with Gasteiger partial charge < -0.3 is 15.4 Å². The van der Waals surface area contributed by atoms with Crippen LogP contribution in [0.5, 0.6) is 11.5 Å². The summed E-state index contributed by atoms with van der Waals surface area (Å²) in [5, 5.41) is 30.4. The van der Waals surface area contributed by atoms with Crippen molar-refractivity contribution in [1.29, 1.82) is 0 Å². The molecule has 1 aromatic carbocycles. The number of oxime groups is 1. The van der Waals surface area contributed by atoms with Crippen LogP contribution in [0.1, 0.15) is 5.56 Å². The molecule has 58 valence electrons. The monoisotopic (exact) mass is 152 g/mol. The van der Waals surface area contributed by atoms with Crippen LogP contribution >= 0.6 is 0 Å². The molecular weight excluding hydrogens is 146 g/mol. The van der Waals surface area contributed by atoms with Crippen LogP contribution in [-0.4, -0.2) is 16.5 Å². The molecule has 0 bridgehead atoms. The lowest BCUT2D eigenvalue weighted by atomic mass is 10.2. The zero-order valence-corrected chi connectivity index (χ0v) is 5.56. The van der Waals surface area contributed by atoms with E-state index in [0.29, 0.717) is 0 Å². The molecular formula is C7H6NO3-. The normalized spacial score (nSPS) is 10.5. The van der Waals surface area contributed by atoms with Gasteiger partial charge in [0.1, 0.15) is 5.75 Å². The summed E-state index contributed by atoms with van der Waals surface area (Å²) in [6.45, 7) is 0. The molecule has 0 fully saturated rings. The second-order valence-electron chi connectivity index (χ2n) is 1.97. The summed E-state index contributed by atoms with van der Waals surface area (Å²) in [7, 11) is 0. The molecule has 4 heteroatoms. The lowest BCUT2D eigenvalue weighted by Gasteiger charge is -2.08. The average Bonchev–Trinajstić information content (AvgIpc) is 1.95. The highest BCUT2D eigenvalue weighted by atomic mass is 16.4.